The van der Waals surface area contributed by atoms with Gasteiger partial charge in [-0.2, -0.15) is 0 Å². The molecule has 5 nitrogen and oxygen atoms in total. The number of nitrogens with zero attached hydrogens (tertiary/aromatic N) is 2. The number of aliphatic hydroxyl groups is 1. The van der Waals surface area contributed by atoms with Crippen LogP contribution in [0.3, 0.4) is 0 Å². The number of oxazole rings is 1. The highest BCUT2D eigenvalue weighted by molar-refractivity contribution is 5.92. The number of aryl methyl sites for hydroxylation is 2. The SMILES string of the molecule is Cc1nc(C)c(C(=O)N2CCC(C)(O)C(C)C2)o1. The maximum Gasteiger partial charge on any atom is 0.291 e. The Labute approximate surface area is 107 Å². The number of rotatable bonds is 1. The summed E-state index contributed by atoms with van der Waals surface area (Å²) in [5, 5.41) is 10.1. The van der Waals surface area contributed by atoms with Crippen LogP contribution in [-0.4, -0.2) is 39.6 Å². The maximum absolute atomic E-state index is 12.3. The molecule has 1 fully saturated rings. The van der Waals surface area contributed by atoms with Crippen LogP contribution < -0.4 is 0 Å². The first-order valence-electron chi connectivity index (χ1n) is 6.27. The summed E-state index contributed by atoms with van der Waals surface area (Å²) < 4.78 is 5.35. The average Bonchev–Trinajstić information content (AvgIpc) is 2.61. The first-order chi connectivity index (χ1) is 8.31. The third-order valence-corrected chi connectivity index (χ3v) is 3.83. The molecule has 0 aromatic carbocycles. The Morgan fingerprint density at radius 3 is 2.72 bits per heavy atom. The normalized spacial score (nSPS) is 28.5. The first-order valence-corrected chi connectivity index (χ1v) is 6.27. The molecule has 100 valence electrons. The molecular weight excluding hydrogens is 232 g/mol. The number of hydrogen-bond donors (Lipinski definition) is 1. The molecule has 1 saturated heterocycles. The van der Waals surface area contributed by atoms with Crippen molar-refractivity contribution in [2.75, 3.05) is 13.1 Å². The zero-order chi connectivity index (χ0) is 13.5. The highest BCUT2D eigenvalue weighted by atomic mass is 16.4. The molecule has 2 rings (SSSR count). The lowest BCUT2D eigenvalue weighted by molar-refractivity contribution is -0.0445. The molecule has 2 heterocycles. The van der Waals surface area contributed by atoms with Crippen molar-refractivity contribution < 1.29 is 14.3 Å². The Balaban J connectivity index is 2.14. The quantitative estimate of drug-likeness (QED) is 0.823. The fourth-order valence-corrected chi connectivity index (χ4v) is 2.28. The smallest absolute Gasteiger partial charge is 0.291 e. The van der Waals surface area contributed by atoms with E-state index in [-0.39, 0.29) is 11.8 Å². The van der Waals surface area contributed by atoms with Gasteiger partial charge in [-0.05, 0) is 20.3 Å². The van der Waals surface area contributed by atoms with Crippen LogP contribution in [0, 0.1) is 19.8 Å². The van der Waals surface area contributed by atoms with Crippen LogP contribution >= 0.6 is 0 Å². The van der Waals surface area contributed by atoms with Gasteiger partial charge in [0, 0.05) is 25.9 Å². The average molecular weight is 252 g/mol. The first kappa shape index (κ1) is 13.1. The molecule has 1 N–H and O–H groups in total. The van der Waals surface area contributed by atoms with E-state index in [1.165, 1.54) is 0 Å². The molecule has 0 radical (unpaired) electrons. The summed E-state index contributed by atoms with van der Waals surface area (Å²) in [6.07, 6.45) is 0.589. The van der Waals surface area contributed by atoms with Gasteiger partial charge in [-0.15, -0.1) is 0 Å². The topological polar surface area (TPSA) is 66.6 Å². The fourth-order valence-electron chi connectivity index (χ4n) is 2.28. The molecule has 1 aromatic heterocycles. The minimum absolute atomic E-state index is 0.0551. The van der Waals surface area contributed by atoms with Crippen molar-refractivity contribution >= 4 is 5.91 Å². The van der Waals surface area contributed by atoms with Gasteiger partial charge in [-0.25, -0.2) is 4.98 Å². The number of piperidine rings is 1. The molecular formula is C13H20N2O3. The van der Waals surface area contributed by atoms with Crippen LogP contribution in [0.2, 0.25) is 0 Å². The molecule has 1 aliphatic rings. The summed E-state index contributed by atoms with van der Waals surface area (Å²) in [5.41, 5.74) is -0.0640. The molecule has 2 atom stereocenters. The van der Waals surface area contributed by atoms with Crippen molar-refractivity contribution in [2.45, 2.75) is 39.7 Å². The monoisotopic (exact) mass is 252 g/mol. The number of hydrogen-bond acceptors (Lipinski definition) is 4. The number of aromatic nitrogens is 1. The Hall–Kier alpha value is -1.36. The van der Waals surface area contributed by atoms with E-state index in [9.17, 15) is 9.90 Å². The Kier molecular flexibility index (Phi) is 3.19. The maximum atomic E-state index is 12.3. The number of likely N-dealkylation sites (tertiary alicyclic amines) is 1. The molecule has 18 heavy (non-hydrogen) atoms. The van der Waals surface area contributed by atoms with Gasteiger partial charge in [-0.1, -0.05) is 6.92 Å². The van der Waals surface area contributed by atoms with E-state index in [2.05, 4.69) is 4.98 Å². The van der Waals surface area contributed by atoms with Crippen LogP contribution in [0.1, 0.15) is 42.4 Å². The van der Waals surface area contributed by atoms with Crippen molar-refractivity contribution in [3.05, 3.63) is 17.3 Å². The molecule has 5 heteroatoms. The van der Waals surface area contributed by atoms with Crippen molar-refractivity contribution in [1.82, 2.24) is 9.88 Å². The van der Waals surface area contributed by atoms with E-state index in [1.807, 2.05) is 13.8 Å². The Bertz CT molecular complexity index is 465. The van der Waals surface area contributed by atoms with Crippen molar-refractivity contribution in [1.29, 1.82) is 0 Å². The van der Waals surface area contributed by atoms with Crippen molar-refractivity contribution in [3.8, 4) is 0 Å². The second kappa shape index (κ2) is 4.39. The molecule has 1 amide bonds. The van der Waals surface area contributed by atoms with E-state index in [1.54, 1.807) is 18.7 Å². The summed E-state index contributed by atoms with van der Waals surface area (Å²) in [6, 6.07) is 0. The van der Waals surface area contributed by atoms with Crippen LogP contribution in [0.15, 0.2) is 4.42 Å². The lowest BCUT2D eigenvalue weighted by Crippen LogP contribution is -2.50. The van der Waals surface area contributed by atoms with Gasteiger partial charge >= 0.3 is 0 Å². The largest absolute Gasteiger partial charge is 0.436 e. The number of amides is 1. The van der Waals surface area contributed by atoms with Gasteiger partial charge in [0.2, 0.25) is 5.76 Å². The lowest BCUT2D eigenvalue weighted by Gasteiger charge is -2.40. The third-order valence-electron chi connectivity index (χ3n) is 3.83. The molecule has 0 spiro atoms. The van der Waals surface area contributed by atoms with Gasteiger partial charge in [0.05, 0.1) is 11.3 Å². The predicted molar refractivity (Wildman–Crippen MR) is 66.3 cm³/mol. The highest BCUT2D eigenvalue weighted by Gasteiger charge is 2.37. The summed E-state index contributed by atoms with van der Waals surface area (Å²) in [7, 11) is 0. The molecule has 0 saturated carbocycles. The van der Waals surface area contributed by atoms with Gasteiger partial charge in [0.25, 0.3) is 5.91 Å². The van der Waals surface area contributed by atoms with E-state index in [4.69, 9.17) is 4.42 Å². The van der Waals surface area contributed by atoms with Crippen LogP contribution in [0.4, 0.5) is 0 Å². The summed E-state index contributed by atoms with van der Waals surface area (Å²) in [6.45, 7) is 8.38. The summed E-state index contributed by atoms with van der Waals surface area (Å²) in [5.74, 6) is 0.754. The standard InChI is InChI=1S/C13H20N2O3/c1-8-7-15(6-5-13(8,4)17)12(16)11-9(2)14-10(3)18-11/h8,17H,5-7H2,1-4H3. The Morgan fingerprint density at radius 1 is 1.56 bits per heavy atom. The van der Waals surface area contributed by atoms with E-state index in [0.29, 0.717) is 36.9 Å². The van der Waals surface area contributed by atoms with Crippen LogP contribution in [-0.2, 0) is 0 Å². The minimum Gasteiger partial charge on any atom is -0.436 e. The fraction of sp³-hybridized carbons (Fsp3) is 0.692. The summed E-state index contributed by atoms with van der Waals surface area (Å²) in [4.78, 5) is 18.1. The zero-order valence-corrected chi connectivity index (χ0v) is 11.4. The molecule has 0 aliphatic carbocycles. The highest BCUT2D eigenvalue weighted by Crippen LogP contribution is 2.28. The zero-order valence-electron chi connectivity index (χ0n) is 11.4. The number of carbonyl (C=O) groups is 1. The van der Waals surface area contributed by atoms with E-state index < -0.39 is 5.60 Å². The number of carbonyl (C=O) groups excluding carboxylic acids is 1. The summed E-state index contributed by atoms with van der Waals surface area (Å²) >= 11 is 0. The molecule has 1 aliphatic heterocycles. The van der Waals surface area contributed by atoms with Crippen molar-refractivity contribution in [3.63, 3.8) is 0 Å². The second-order valence-corrected chi connectivity index (χ2v) is 5.41. The second-order valence-electron chi connectivity index (χ2n) is 5.41. The van der Waals surface area contributed by atoms with Gasteiger partial charge in [-0.3, -0.25) is 4.79 Å². The minimum atomic E-state index is -0.691. The van der Waals surface area contributed by atoms with Crippen molar-refractivity contribution in [2.24, 2.45) is 5.92 Å². The van der Waals surface area contributed by atoms with Gasteiger partial charge in [0.1, 0.15) is 0 Å². The van der Waals surface area contributed by atoms with E-state index in [0.717, 1.165) is 0 Å². The van der Waals surface area contributed by atoms with Gasteiger partial charge in [0.15, 0.2) is 5.89 Å². The predicted octanol–water partition coefficient (Wildman–Crippen LogP) is 1.52. The Morgan fingerprint density at radius 2 is 2.22 bits per heavy atom. The van der Waals surface area contributed by atoms with Crippen LogP contribution in [0.5, 0.6) is 0 Å². The third kappa shape index (κ3) is 2.27. The molecule has 2 unspecified atom stereocenters. The van der Waals surface area contributed by atoms with E-state index >= 15 is 0 Å². The lowest BCUT2D eigenvalue weighted by atomic mass is 9.84. The molecule has 1 aromatic rings. The van der Waals surface area contributed by atoms with Crippen LogP contribution in [0.25, 0.3) is 0 Å². The molecule has 0 bridgehead atoms. The van der Waals surface area contributed by atoms with Gasteiger partial charge < -0.3 is 14.4 Å².